The van der Waals surface area contributed by atoms with Crippen LogP contribution in [0.2, 0.25) is 5.02 Å². The molecule has 2 fully saturated rings. The fourth-order valence-electron chi connectivity index (χ4n) is 5.85. The zero-order chi connectivity index (χ0) is 31.3. The van der Waals surface area contributed by atoms with Crippen molar-refractivity contribution >= 4 is 29.1 Å². The summed E-state index contributed by atoms with van der Waals surface area (Å²) in [4.78, 5) is 32.2. The smallest absolute Gasteiger partial charge is 0.373 e. The molecular weight excluding hydrogens is 581 g/mol. The summed E-state index contributed by atoms with van der Waals surface area (Å²) < 4.78 is 47.4. The molecule has 0 aromatic heterocycles. The second-order valence-corrected chi connectivity index (χ2v) is 12.6. The average molecular weight is 623 g/mol. The van der Waals surface area contributed by atoms with Crippen molar-refractivity contribution in [2.24, 2.45) is 11.8 Å². The summed E-state index contributed by atoms with van der Waals surface area (Å²) >= 11 is 6.04. The van der Waals surface area contributed by atoms with Crippen LogP contribution in [0.3, 0.4) is 0 Å². The van der Waals surface area contributed by atoms with Gasteiger partial charge in [0.05, 0.1) is 23.6 Å². The van der Waals surface area contributed by atoms with Gasteiger partial charge in [0.2, 0.25) is 11.8 Å². The number of hydrogen-bond acceptors (Lipinski definition) is 5. The van der Waals surface area contributed by atoms with Crippen molar-refractivity contribution in [1.82, 2.24) is 15.1 Å². The van der Waals surface area contributed by atoms with Crippen LogP contribution >= 0.6 is 11.6 Å². The number of alkyl halides is 3. The molecule has 0 spiro atoms. The highest BCUT2D eigenvalue weighted by Gasteiger charge is 2.39. The Kier molecular flexibility index (Phi) is 11.0. The van der Waals surface area contributed by atoms with Crippen molar-refractivity contribution in [3.63, 3.8) is 0 Å². The van der Waals surface area contributed by atoms with Gasteiger partial charge < -0.3 is 24.8 Å². The molecule has 0 bridgehead atoms. The van der Waals surface area contributed by atoms with E-state index in [4.69, 9.17) is 16.3 Å². The van der Waals surface area contributed by atoms with E-state index in [0.29, 0.717) is 68.4 Å². The Hall–Kier alpha value is -2.82. The summed E-state index contributed by atoms with van der Waals surface area (Å²) in [5.41, 5.74) is 1.28. The maximum Gasteiger partial charge on any atom is 0.416 e. The molecule has 1 N–H and O–H groups in total. The minimum atomic E-state index is -4.51. The third kappa shape index (κ3) is 8.64. The van der Waals surface area contributed by atoms with Crippen molar-refractivity contribution in [2.45, 2.75) is 51.4 Å². The van der Waals surface area contributed by atoms with Gasteiger partial charge in [0.1, 0.15) is 0 Å². The average Bonchev–Trinajstić information content (AvgIpc) is 3.45. The summed E-state index contributed by atoms with van der Waals surface area (Å²) in [6.07, 6.45) is -3.48. The van der Waals surface area contributed by atoms with Crippen molar-refractivity contribution in [1.29, 1.82) is 0 Å². The lowest BCUT2D eigenvalue weighted by Gasteiger charge is -2.39. The molecule has 2 aromatic rings. The second kappa shape index (κ2) is 14.3. The Morgan fingerprint density at radius 3 is 2.35 bits per heavy atom. The number of carbonyl (C=O) groups is 2. The van der Waals surface area contributed by atoms with Crippen molar-refractivity contribution < 1.29 is 27.5 Å². The van der Waals surface area contributed by atoms with E-state index >= 15 is 0 Å². The number of piperazine rings is 1. The first-order chi connectivity index (χ1) is 20.3. The maximum atomic E-state index is 13.8. The quantitative estimate of drug-likeness (QED) is 0.355. The number of rotatable bonds is 10. The summed E-state index contributed by atoms with van der Waals surface area (Å²) in [5, 5.41) is 3.64. The molecule has 4 rings (SSSR count). The zero-order valence-corrected chi connectivity index (χ0v) is 26.0. The molecule has 2 aliphatic heterocycles. The minimum absolute atomic E-state index is 0.0237. The maximum absolute atomic E-state index is 13.8. The van der Waals surface area contributed by atoms with Crippen molar-refractivity contribution in [3.05, 3.63) is 64.2 Å². The van der Waals surface area contributed by atoms with Gasteiger partial charge in [0.15, 0.2) is 0 Å². The number of carbonyl (C=O) groups excluding carboxylic acids is 2. The van der Waals surface area contributed by atoms with E-state index in [0.717, 1.165) is 11.6 Å². The molecule has 43 heavy (non-hydrogen) atoms. The molecule has 2 amide bonds. The largest absolute Gasteiger partial charge is 0.416 e. The number of amides is 2. The molecule has 7 nitrogen and oxygen atoms in total. The van der Waals surface area contributed by atoms with Gasteiger partial charge >= 0.3 is 6.18 Å². The lowest BCUT2D eigenvalue weighted by Crippen LogP contribution is -2.51. The van der Waals surface area contributed by atoms with Crippen LogP contribution in [0.25, 0.3) is 0 Å². The standard InChI is InChI=1S/C32H42ClF3N4O3/c1-21(2)19-27(37-29(41)11-13-38(3)4)26-20-23(32(34,35)36)7-10-28(26)39-14-16-40(17-15-39)31(42)25-12-18-43-30(25)22-5-8-24(33)9-6-22/h5-10,20-21,25,27,30H,11-19H2,1-4H3,(H,37,41)/t25-,27-,30+/m0/s1. The van der Waals surface area contributed by atoms with E-state index in [1.165, 1.54) is 12.1 Å². The summed E-state index contributed by atoms with van der Waals surface area (Å²) in [5.74, 6) is -0.344. The Morgan fingerprint density at radius 1 is 1.07 bits per heavy atom. The molecule has 11 heteroatoms. The van der Waals surface area contributed by atoms with Crippen LogP contribution in [-0.2, 0) is 20.5 Å². The number of nitrogens with one attached hydrogen (secondary N) is 1. The number of hydrogen-bond donors (Lipinski definition) is 1. The van der Waals surface area contributed by atoms with Gasteiger partial charge in [-0.15, -0.1) is 0 Å². The summed E-state index contributed by atoms with van der Waals surface area (Å²) in [7, 11) is 3.73. The fourth-order valence-corrected chi connectivity index (χ4v) is 5.98. The number of benzene rings is 2. The molecule has 2 aliphatic rings. The number of ether oxygens (including phenoxy) is 1. The monoisotopic (exact) mass is 622 g/mol. The number of halogens is 4. The van der Waals surface area contributed by atoms with Crippen LogP contribution in [-0.4, -0.2) is 75.0 Å². The molecule has 2 saturated heterocycles. The zero-order valence-electron chi connectivity index (χ0n) is 25.3. The molecular formula is C32H42ClF3N4O3. The predicted octanol–water partition coefficient (Wildman–Crippen LogP) is 5.94. The molecule has 2 aromatic carbocycles. The molecule has 0 aliphatic carbocycles. The van der Waals surface area contributed by atoms with Gasteiger partial charge in [0.25, 0.3) is 0 Å². The van der Waals surface area contributed by atoms with Gasteiger partial charge in [-0.2, -0.15) is 13.2 Å². The van der Waals surface area contributed by atoms with Crippen LogP contribution < -0.4 is 10.2 Å². The third-order valence-corrected chi connectivity index (χ3v) is 8.35. The second-order valence-electron chi connectivity index (χ2n) is 12.1. The van der Waals surface area contributed by atoms with E-state index in [9.17, 15) is 22.8 Å². The SMILES string of the molecule is CC(C)C[C@H](NC(=O)CCN(C)C)c1cc(C(F)(F)F)ccc1N1CCN(C(=O)[C@H]2CCO[C@@H]2c2ccc(Cl)cc2)CC1. The first-order valence-corrected chi connectivity index (χ1v) is 15.3. The Labute approximate surface area is 257 Å². The van der Waals surface area contributed by atoms with Crippen molar-refractivity contribution in [3.8, 4) is 0 Å². The third-order valence-electron chi connectivity index (χ3n) is 8.10. The van der Waals surface area contributed by atoms with E-state index in [1.54, 1.807) is 12.1 Å². The van der Waals surface area contributed by atoms with E-state index in [1.807, 2.05) is 54.8 Å². The highest BCUT2D eigenvalue weighted by atomic mass is 35.5. The lowest BCUT2D eigenvalue weighted by atomic mass is 9.92. The fraction of sp³-hybridized carbons (Fsp3) is 0.562. The first kappa shape index (κ1) is 33.1. The molecule has 0 saturated carbocycles. The van der Waals surface area contributed by atoms with Gasteiger partial charge in [-0.25, -0.2) is 0 Å². The first-order valence-electron chi connectivity index (χ1n) is 14.9. The van der Waals surface area contributed by atoms with Crippen LogP contribution in [0.4, 0.5) is 18.9 Å². The van der Waals surface area contributed by atoms with Crippen LogP contribution in [0.15, 0.2) is 42.5 Å². The molecule has 0 radical (unpaired) electrons. The lowest BCUT2D eigenvalue weighted by molar-refractivity contribution is -0.138. The number of nitrogens with zero attached hydrogens (tertiary/aromatic N) is 3. The minimum Gasteiger partial charge on any atom is -0.373 e. The van der Waals surface area contributed by atoms with E-state index in [2.05, 4.69) is 5.32 Å². The molecule has 3 atom stereocenters. The Balaban J connectivity index is 1.53. The topological polar surface area (TPSA) is 65.1 Å². The summed E-state index contributed by atoms with van der Waals surface area (Å²) in [6.45, 7) is 6.81. The summed E-state index contributed by atoms with van der Waals surface area (Å²) in [6, 6.07) is 10.6. The van der Waals surface area contributed by atoms with Gasteiger partial charge in [-0.05, 0) is 74.3 Å². The highest BCUT2D eigenvalue weighted by Crippen LogP contribution is 2.39. The van der Waals surface area contributed by atoms with Crippen LogP contribution in [0, 0.1) is 11.8 Å². The van der Waals surface area contributed by atoms with Crippen molar-refractivity contribution in [2.75, 3.05) is 58.3 Å². The van der Waals surface area contributed by atoms with Gasteiger partial charge in [-0.1, -0.05) is 37.6 Å². The van der Waals surface area contributed by atoms with Crippen LogP contribution in [0.1, 0.15) is 61.9 Å². The number of anilines is 1. The predicted molar refractivity (Wildman–Crippen MR) is 162 cm³/mol. The molecule has 2 heterocycles. The highest BCUT2D eigenvalue weighted by molar-refractivity contribution is 6.30. The van der Waals surface area contributed by atoms with Gasteiger partial charge in [0, 0.05) is 56.5 Å². The van der Waals surface area contributed by atoms with E-state index < -0.39 is 17.8 Å². The molecule has 0 unspecified atom stereocenters. The molecule has 236 valence electrons. The van der Waals surface area contributed by atoms with E-state index in [-0.39, 0.29) is 36.2 Å². The van der Waals surface area contributed by atoms with Gasteiger partial charge in [-0.3, -0.25) is 9.59 Å². The van der Waals surface area contributed by atoms with Crippen LogP contribution in [0.5, 0.6) is 0 Å². The Bertz CT molecular complexity index is 1250. The Morgan fingerprint density at radius 2 is 1.74 bits per heavy atom. The normalized spacial score (nSPS) is 20.1.